The summed E-state index contributed by atoms with van der Waals surface area (Å²) in [6, 6.07) is 9.35. The highest BCUT2D eigenvalue weighted by atomic mass is 16.5. The highest BCUT2D eigenvalue weighted by molar-refractivity contribution is 5.27. The normalized spacial score (nSPS) is 27.5. The van der Waals surface area contributed by atoms with Crippen LogP contribution in [0.2, 0.25) is 0 Å². The first-order valence-electron chi connectivity index (χ1n) is 8.55. The minimum atomic E-state index is -0.0467. The number of hydrogen-bond acceptors (Lipinski definition) is 2. The molecule has 1 aromatic rings. The molecular weight excluding hydrogens is 258 g/mol. The Bertz CT molecular complexity index is 424. The van der Waals surface area contributed by atoms with E-state index in [1.54, 1.807) is 0 Å². The molecule has 0 heterocycles. The minimum Gasteiger partial charge on any atom is -0.373 e. The largest absolute Gasteiger partial charge is 0.373 e. The van der Waals surface area contributed by atoms with Gasteiger partial charge in [-0.25, -0.2) is 0 Å². The first kappa shape index (κ1) is 16.5. The first-order valence-corrected chi connectivity index (χ1v) is 8.55. The molecule has 0 aliphatic heterocycles. The molecule has 21 heavy (non-hydrogen) atoms. The Kier molecular flexibility index (Phi) is 5.83. The van der Waals surface area contributed by atoms with Gasteiger partial charge in [0.05, 0.1) is 11.6 Å². The molecule has 2 heteroatoms. The van der Waals surface area contributed by atoms with Crippen LogP contribution in [0.3, 0.4) is 0 Å². The van der Waals surface area contributed by atoms with Crippen molar-refractivity contribution in [3.05, 3.63) is 35.4 Å². The van der Waals surface area contributed by atoms with Crippen LogP contribution in [0, 0.1) is 5.92 Å². The fourth-order valence-electron chi connectivity index (χ4n) is 3.99. The van der Waals surface area contributed by atoms with E-state index in [-0.39, 0.29) is 11.6 Å². The summed E-state index contributed by atoms with van der Waals surface area (Å²) < 4.78 is 6.34. The Morgan fingerprint density at radius 1 is 1.29 bits per heavy atom. The van der Waals surface area contributed by atoms with Crippen LogP contribution in [-0.4, -0.2) is 19.3 Å². The smallest absolute Gasteiger partial charge is 0.0878 e. The molecule has 0 radical (unpaired) electrons. The van der Waals surface area contributed by atoms with Crippen LogP contribution in [0.4, 0.5) is 0 Å². The fourth-order valence-corrected chi connectivity index (χ4v) is 3.99. The van der Waals surface area contributed by atoms with E-state index in [0.29, 0.717) is 0 Å². The van der Waals surface area contributed by atoms with Crippen molar-refractivity contribution in [2.24, 2.45) is 5.92 Å². The van der Waals surface area contributed by atoms with Crippen molar-refractivity contribution in [1.29, 1.82) is 0 Å². The van der Waals surface area contributed by atoms with Crippen molar-refractivity contribution < 1.29 is 4.74 Å². The monoisotopic (exact) mass is 289 g/mol. The van der Waals surface area contributed by atoms with Crippen molar-refractivity contribution in [2.75, 3.05) is 13.7 Å². The molecule has 1 aliphatic carbocycles. The SMILES string of the molecule is CCOC1(C(NC)c2ccc(CC)cc2)CCCC(C)C1. The summed E-state index contributed by atoms with van der Waals surface area (Å²) in [5.74, 6) is 0.746. The van der Waals surface area contributed by atoms with Crippen LogP contribution < -0.4 is 5.32 Å². The molecule has 3 unspecified atom stereocenters. The van der Waals surface area contributed by atoms with Crippen molar-refractivity contribution in [2.45, 2.75) is 64.5 Å². The van der Waals surface area contributed by atoms with Gasteiger partial charge in [-0.05, 0) is 50.3 Å². The number of benzene rings is 1. The fraction of sp³-hybridized carbons (Fsp3) is 0.684. The lowest BCUT2D eigenvalue weighted by Gasteiger charge is -2.45. The molecule has 0 spiro atoms. The molecule has 0 bridgehead atoms. The zero-order valence-electron chi connectivity index (χ0n) is 14.1. The molecule has 2 nitrogen and oxygen atoms in total. The average Bonchev–Trinajstić information content (AvgIpc) is 2.49. The molecule has 3 atom stereocenters. The Morgan fingerprint density at radius 2 is 2.00 bits per heavy atom. The summed E-state index contributed by atoms with van der Waals surface area (Å²) >= 11 is 0. The number of ether oxygens (including phenoxy) is 1. The molecule has 1 N–H and O–H groups in total. The zero-order chi connectivity index (χ0) is 15.3. The summed E-state index contributed by atoms with van der Waals surface area (Å²) in [5.41, 5.74) is 2.71. The third-order valence-electron chi connectivity index (χ3n) is 4.96. The summed E-state index contributed by atoms with van der Waals surface area (Å²) in [7, 11) is 2.07. The van der Waals surface area contributed by atoms with Gasteiger partial charge in [0.1, 0.15) is 0 Å². The van der Waals surface area contributed by atoms with Crippen molar-refractivity contribution >= 4 is 0 Å². The van der Waals surface area contributed by atoms with Crippen molar-refractivity contribution in [3.63, 3.8) is 0 Å². The van der Waals surface area contributed by atoms with Crippen LogP contribution in [0.15, 0.2) is 24.3 Å². The second-order valence-corrected chi connectivity index (χ2v) is 6.52. The van der Waals surface area contributed by atoms with Crippen LogP contribution in [-0.2, 0) is 11.2 Å². The van der Waals surface area contributed by atoms with Crippen molar-refractivity contribution in [1.82, 2.24) is 5.32 Å². The van der Waals surface area contributed by atoms with E-state index in [0.717, 1.165) is 31.8 Å². The Morgan fingerprint density at radius 3 is 2.52 bits per heavy atom. The van der Waals surface area contributed by atoms with Crippen LogP contribution in [0.5, 0.6) is 0 Å². The molecular formula is C19H31NO. The number of likely N-dealkylation sites (N-methyl/N-ethyl adjacent to an activating group) is 1. The lowest BCUT2D eigenvalue weighted by atomic mass is 9.72. The topological polar surface area (TPSA) is 21.3 Å². The lowest BCUT2D eigenvalue weighted by Crippen LogP contribution is -2.48. The maximum atomic E-state index is 6.34. The van der Waals surface area contributed by atoms with Crippen LogP contribution in [0.25, 0.3) is 0 Å². The summed E-state index contributed by atoms with van der Waals surface area (Å²) in [6.45, 7) is 7.47. The molecule has 118 valence electrons. The Balaban J connectivity index is 2.29. The van der Waals surface area contributed by atoms with Crippen molar-refractivity contribution in [3.8, 4) is 0 Å². The van der Waals surface area contributed by atoms with E-state index in [1.807, 2.05) is 0 Å². The standard InChI is InChI=1S/C19H31NO/c1-5-16-9-11-17(12-10-16)18(20-4)19(21-6-2)13-7-8-15(3)14-19/h9-12,15,18,20H,5-8,13-14H2,1-4H3. The van der Waals surface area contributed by atoms with E-state index in [9.17, 15) is 0 Å². The predicted octanol–water partition coefficient (Wildman–Crippen LogP) is 4.49. The molecule has 0 amide bonds. The average molecular weight is 289 g/mol. The molecule has 0 saturated heterocycles. The Labute approximate surface area is 130 Å². The maximum absolute atomic E-state index is 6.34. The lowest BCUT2D eigenvalue weighted by molar-refractivity contribution is -0.100. The van der Waals surface area contributed by atoms with E-state index < -0.39 is 0 Å². The quantitative estimate of drug-likeness (QED) is 0.833. The number of hydrogen-bond donors (Lipinski definition) is 1. The van der Waals surface area contributed by atoms with Gasteiger partial charge in [0.15, 0.2) is 0 Å². The third-order valence-corrected chi connectivity index (χ3v) is 4.96. The predicted molar refractivity (Wildman–Crippen MR) is 89.6 cm³/mol. The number of aryl methyl sites for hydroxylation is 1. The van der Waals surface area contributed by atoms with Crippen LogP contribution in [0.1, 0.15) is 63.6 Å². The van der Waals surface area contributed by atoms with Gasteiger partial charge in [0, 0.05) is 6.61 Å². The van der Waals surface area contributed by atoms with E-state index in [4.69, 9.17) is 4.74 Å². The summed E-state index contributed by atoms with van der Waals surface area (Å²) in [5, 5.41) is 3.55. The van der Waals surface area contributed by atoms with Gasteiger partial charge in [-0.2, -0.15) is 0 Å². The highest BCUT2D eigenvalue weighted by Gasteiger charge is 2.42. The highest BCUT2D eigenvalue weighted by Crippen LogP contribution is 2.43. The Hall–Kier alpha value is -0.860. The second kappa shape index (κ2) is 7.42. The van der Waals surface area contributed by atoms with Gasteiger partial charge in [-0.15, -0.1) is 0 Å². The van der Waals surface area contributed by atoms with E-state index in [2.05, 4.69) is 57.4 Å². The molecule has 2 rings (SSSR count). The minimum absolute atomic E-state index is 0.0467. The number of rotatable bonds is 6. The third kappa shape index (κ3) is 3.67. The first-order chi connectivity index (χ1) is 10.1. The number of nitrogens with one attached hydrogen (secondary N) is 1. The zero-order valence-corrected chi connectivity index (χ0v) is 14.1. The molecule has 1 aromatic carbocycles. The summed E-state index contributed by atoms with van der Waals surface area (Å²) in [6.07, 6.45) is 6.01. The summed E-state index contributed by atoms with van der Waals surface area (Å²) in [4.78, 5) is 0. The van der Waals surface area contributed by atoms with Gasteiger partial charge in [-0.3, -0.25) is 0 Å². The molecule has 1 fully saturated rings. The van der Waals surface area contributed by atoms with Gasteiger partial charge in [-0.1, -0.05) is 51.0 Å². The van der Waals surface area contributed by atoms with Gasteiger partial charge >= 0.3 is 0 Å². The maximum Gasteiger partial charge on any atom is 0.0878 e. The second-order valence-electron chi connectivity index (χ2n) is 6.52. The van der Waals surface area contributed by atoms with E-state index in [1.165, 1.54) is 24.0 Å². The molecule has 1 aliphatic rings. The van der Waals surface area contributed by atoms with E-state index >= 15 is 0 Å². The van der Waals surface area contributed by atoms with Crippen LogP contribution >= 0.6 is 0 Å². The molecule has 0 aromatic heterocycles. The molecule has 1 saturated carbocycles. The van der Waals surface area contributed by atoms with Gasteiger partial charge < -0.3 is 10.1 Å². The van der Waals surface area contributed by atoms with Gasteiger partial charge in [0.25, 0.3) is 0 Å². The van der Waals surface area contributed by atoms with Gasteiger partial charge in [0.2, 0.25) is 0 Å².